The van der Waals surface area contributed by atoms with Crippen LogP contribution in [-0.2, 0) is 22.0 Å². The van der Waals surface area contributed by atoms with E-state index in [0.717, 1.165) is 11.3 Å². The molecule has 0 saturated carbocycles. The number of rotatable bonds is 4. The highest BCUT2D eigenvalue weighted by Gasteiger charge is 2.18. The average Bonchev–Trinajstić information content (AvgIpc) is 2.86. The fraction of sp³-hybridized carbons (Fsp3) is 0.375. The lowest BCUT2D eigenvalue weighted by Gasteiger charge is -2.14. The highest BCUT2D eigenvalue weighted by molar-refractivity contribution is 7.83. The Kier molecular flexibility index (Phi) is 5.13. The number of carbonyl (C=O) groups excluding carboxylic acids is 1. The Morgan fingerprint density at radius 3 is 2.68 bits per heavy atom. The van der Waals surface area contributed by atoms with Crippen LogP contribution in [0.25, 0.3) is 0 Å². The SMILES string of the molecule is CS(=O)Cc1cccc(C(=O)Nc2nc(C(C)(C)C)cs2)c1. The molecule has 0 aliphatic rings. The Hall–Kier alpha value is -1.53. The van der Waals surface area contributed by atoms with E-state index in [-0.39, 0.29) is 11.3 Å². The van der Waals surface area contributed by atoms with Crippen LogP contribution in [0, 0.1) is 0 Å². The molecule has 4 nitrogen and oxygen atoms in total. The first-order chi connectivity index (χ1) is 10.3. The zero-order valence-corrected chi connectivity index (χ0v) is 14.8. The van der Waals surface area contributed by atoms with E-state index in [4.69, 9.17) is 0 Å². The Balaban J connectivity index is 2.12. The summed E-state index contributed by atoms with van der Waals surface area (Å²) in [6, 6.07) is 7.20. The normalized spacial score (nSPS) is 12.9. The molecule has 1 unspecified atom stereocenters. The predicted molar refractivity (Wildman–Crippen MR) is 93.0 cm³/mol. The first-order valence-electron chi connectivity index (χ1n) is 6.92. The first-order valence-corrected chi connectivity index (χ1v) is 9.53. The number of thiazole rings is 1. The van der Waals surface area contributed by atoms with Crippen LogP contribution in [0.4, 0.5) is 5.13 Å². The monoisotopic (exact) mass is 336 g/mol. The van der Waals surface area contributed by atoms with Gasteiger partial charge in [-0.2, -0.15) is 0 Å². The van der Waals surface area contributed by atoms with Gasteiger partial charge in [0.05, 0.1) is 5.69 Å². The van der Waals surface area contributed by atoms with Gasteiger partial charge in [0, 0.05) is 39.2 Å². The van der Waals surface area contributed by atoms with Crippen molar-refractivity contribution in [2.45, 2.75) is 31.9 Å². The maximum absolute atomic E-state index is 12.3. The summed E-state index contributed by atoms with van der Waals surface area (Å²) >= 11 is 1.42. The quantitative estimate of drug-likeness (QED) is 0.928. The summed E-state index contributed by atoms with van der Waals surface area (Å²) in [4.78, 5) is 16.7. The van der Waals surface area contributed by atoms with Crippen LogP contribution in [0.3, 0.4) is 0 Å². The van der Waals surface area contributed by atoms with E-state index in [1.165, 1.54) is 11.3 Å². The van der Waals surface area contributed by atoms with E-state index in [0.29, 0.717) is 16.4 Å². The summed E-state index contributed by atoms with van der Waals surface area (Å²) in [5.74, 6) is 0.255. The van der Waals surface area contributed by atoms with Gasteiger partial charge in [-0.1, -0.05) is 32.9 Å². The molecule has 1 aromatic carbocycles. The molecule has 0 spiro atoms. The van der Waals surface area contributed by atoms with Gasteiger partial charge >= 0.3 is 0 Å². The Morgan fingerprint density at radius 2 is 2.09 bits per heavy atom. The van der Waals surface area contributed by atoms with E-state index in [1.807, 2.05) is 11.4 Å². The third kappa shape index (κ3) is 4.48. The van der Waals surface area contributed by atoms with Gasteiger partial charge in [-0.05, 0) is 17.7 Å². The number of aromatic nitrogens is 1. The molecule has 6 heteroatoms. The summed E-state index contributed by atoms with van der Waals surface area (Å²) in [7, 11) is -0.925. The first kappa shape index (κ1) is 16.8. The fourth-order valence-corrected chi connectivity index (χ4v) is 3.46. The highest BCUT2D eigenvalue weighted by atomic mass is 32.2. The van der Waals surface area contributed by atoms with Crippen molar-refractivity contribution >= 4 is 33.2 Å². The third-order valence-corrected chi connectivity index (χ3v) is 4.55. The van der Waals surface area contributed by atoms with Crippen molar-refractivity contribution in [1.29, 1.82) is 0 Å². The van der Waals surface area contributed by atoms with Crippen molar-refractivity contribution in [2.75, 3.05) is 11.6 Å². The number of nitrogens with one attached hydrogen (secondary N) is 1. The van der Waals surface area contributed by atoms with Crippen LogP contribution >= 0.6 is 11.3 Å². The largest absolute Gasteiger partial charge is 0.298 e. The summed E-state index contributed by atoms with van der Waals surface area (Å²) in [5, 5.41) is 5.39. The van der Waals surface area contributed by atoms with Gasteiger partial charge in [-0.25, -0.2) is 4.98 Å². The van der Waals surface area contributed by atoms with Crippen molar-refractivity contribution in [3.8, 4) is 0 Å². The maximum atomic E-state index is 12.3. The molecule has 22 heavy (non-hydrogen) atoms. The van der Waals surface area contributed by atoms with Crippen LogP contribution in [0.2, 0.25) is 0 Å². The minimum Gasteiger partial charge on any atom is -0.298 e. The van der Waals surface area contributed by atoms with Gasteiger partial charge in [0.25, 0.3) is 5.91 Å². The van der Waals surface area contributed by atoms with Gasteiger partial charge < -0.3 is 0 Å². The zero-order chi connectivity index (χ0) is 16.3. The summed E-state index contributed by atoms with van der Waals surface area (Å²) in [6.07, 6.45) is 1.65. The molecule has 1 N–H and O–H groups in total. The highest BCUT2D eigenvalue weighted by Crippen LogP contribution is 2.26. The topological polar surface area (TPSA) is 59.1 Å². The van der Waals surface area contributed by atoms with E-state index >= 15 is 0 Å². The lowest BCUT2D eigenvalue weighted by Crippen LogP contribution is -2.14. The summed E-state index contributed by atoms with van der Waals surface area (Å²) in [6.45, 7) is 6.26. The second-order valence-corrected chi connectivity index (χ2v) is 8.45. The summed E-state index contributed by atoms with van der Waals surface area (Å²) < 4.78 is 11.3. The summed E-state index contributed by atoms with van der Waals surface area (Å²) in [5.41, 5.74) is 2.37. The Labute approximate surface area is 137 Å². The molecular formula is C16H20N2O2S2. The zero-order valence-electron chi connectivity index (χ0n) is 13.2. The fourth-order valence-electron chi connectivity index (χ4n) is 1.88. The maximum Gasteiger partial charge on any atom is 0.257 e. The molecular weight excluding hydrogens is 316 g/mol. The van der Waals surface area contributed by atoms with E-state index in [1.54, 1.807) is 24.5 Å². The second kappa shape index (κ2) is 6.71. The number of benzene rings is 1. The molecule has 1 atom stereocenters. The molecule has 0 radical (unpaired) electrons. The minimum atomic E-state index is -0.925. The van der Waals surface area contributed by atoms with Crippen LogP contribution in [0.5, 0.6) is 0 Å². The average molecular weight is 336 g/mol. The predicted octanol–water partition coefficient (Wildman–Crippen LogP) is 3.57. The van der Waals surface area contributed by atoms with Gasteiger partial charge in [-0.15, -0.1) is 11.3 Å². The molecule has 2 aromatic rings. The van der Waals surface area contributed by atoms with Crippen LogP contribution in [0.15, 0.2) is 29.6 Å². The van der Waals surface area contributed by atoms with Crippen molar-refractivity contribution in [3.63, 3.8) is 0 Å². The molecule has 0 aliphatic carbocycles. The number of hydrogen-bond donors (Lipinski definition) is 1. The number of anilines is 1. The van der Waals surface area contributed by atoms with E-state index in [9.17, 15) is 9.00 Å². The molecule has 0 fully saturated rings. The standard InChI is InChI=1S/C16H20N2O2S2/c1-16(2,3)13-9-21-15(17-13)18-14(19)12-7-5-6-11(8-12)10-22(4)20/h5-9H,10H2,1-4H3,(H,17,18,19). The van der Waals surface area contributed by atoms with E-state index in [2.05, 4.69) is 31.1 Å². The molecule has 1 heterocycles. The van der Waals surface area contributed by atoms with Gasteiger partial charge in [0.15, 0.2) is 5.13 Å². The molecule has 2 rings (SSSR count). The van der Waals surface area contributed by atoms with Crippen molar-refractivity contribution in [1.82, 2.24) is 4.98 Å². The van der Waals surface area contributed by atoms with Crippen molar-refractivity contribution in [3.05, 3.63) is 46.5 Å². The molecule has 0 saturated heterocycles. The van der Waals surface area contributed by atoms with E-state index < -0.39 is 10.8 Å². The smallest absolute Gasteiger partial charge is 0.257 e. The van der Waals surface area contributed by atoms with Gasteiger partial charge in [0.2, 0.25) is 0 Å². The minimum absolute atomic E-state index is 0.0371. The van der Waals surface area contributed by atoms with Crippen molar-refractivity contribution in [2.24, 2.45) is 0 Å². The number of carbonyl (C=O) groups is 1. The molecule has 1 amide bonds. The number of hydrogen-bond acceptors (Lipinski definition) is 4. The third-order valence-electron chi connectivity index (χ3n) is 3.05. The van der Waals surface area contributed by atoms with Crippen LogP contribution in [-0.4, -0.2) is 21.4 Å². The molecule has 118 valence electrons. The van der Waals surface area contributed by atoms with Gasteiger partial charge in [-0.3, -0.25) is 14.3 Å². The Morgan fingerprint density at radius 1 is 1.36 bits per heavy atom. The van der Waals surface area contributed by atoms with Crippen LogP contribution < -0.4 is 5.32 Å². The molecule has 0 aliphatic heterocycles. The molecule has 0 bridgehead atoms. The second-order valence-electron chi connectivity index (χ2n) is 6.16. The van der Waals surface area contributed by atoms with Gasteiger partial charge in [0.1, 0.15) is 0 Å². The number of nitrogens with zero attached hydrogens (tertiary/aromatic N) is 1. The number of amides is 1. The Bertz CT molecular complexity index is 702. The van der Waals surface area contributed by atoms with Crippen molar-refractivity contribution < 1.29 is 9.00 Å². The van der Waals surface area contributed by atoms with Crippen LogP contribution in [0.1, 0.15) is 42.4 Å². The molecule has 1 aromatic heterocycles. The lowest BCUT2D eigenvalue weighted by molar-refractivity contribution is 0.102. The lowest BCUT2D eigenvalue weighted by atomic mass is 9.93.